The minimum atomic E-state index is -4.70. The number of fused-ring (bicyclic) bond motifs is 1. The first-order valence-corrected chi connectivity index (χ1v) is 9.48. The molecule has 0 spiro atoms. The Morgan fingerprint density at radius 2 is 2.12 bits per heavy atom. The molecule has 2 heterocycles. The number of carbonyl (C=O) groups is 2. The molecule has 12 heteroatoms. The number of nitrogens with zero attached hydrogens (tertiary/aromatic N) is 1. The van der Waals surface area contributed by atoms with Gasteiger partial charge in [-0.05, 0) is 30.3 Å². The number of nitrogens with one attached hydrogen (secondary N) is 2. The number of urea groups is 1. The van der Waals surface area contributed by atoms with Gasteiger partial charge in [0.2, 0.25) is 0 Å². The van der Waals surface area contributed by atoms with Crippen LogP contribution in [0.4, 0.5) is 9.93 Å². The van der Waals surface area contributed by atoms with Crippen LogP contribution in [0.15, 0.2) is 41.0 Å². The van der Waals surface area contributed by atoms with Crippen LogP contribution >= 0.6 is 19.1 Å². The smallest absolute Gasteiger partial charge is 0.431 e. The number of ether oxygens (including phenoxy) is 1. The molecule has 136 valence electrons. The molecular weight excluding hydrogens is 385 g/mol. The standard InChI is InChI=1S/C14H12N3O7PS/c18-12(24-7-9-2-1-5-23-9)8-3-4-10-11(6-8)26-14(15-10)16-13(19)17-25(20,21)22/h1-6H,7H2,(H4,15,16,17,19,20,21,22). The third-order valence-electron chi connectivity index (χ3n) is 3.02. The second kappa shape index (κ2) is 7.26. The average Bonchev–Trinajstić information content (AvgIpc) is 3.18. The zero-order valence-corrected chi connectivity index (χ0v) is 14.6. The largest absolute Gasteiger partial charge is 0.466 e. The van der Waals surface area contributed by atoms with Crippen LogP contribution in [-0.2, 0) is 15.9 Å². The van der Waals surface area contributed by atoms with Gasteiger partial charge in [-0.3, -0.25) is 5.32 Å². The van der Waals surface area contributed by atoms with Crippen molar-refractivity contribution in [2.75, 3.05) is 5.32 Å². The van der Waals surface area contributed by atoms with Crippen molar-refractivity contribution < 1.29 is 33.1 Å². The molecule has 0 atom stereocenters. The molecule has 4 N–H and O–H groups in total. The molecular formula is C14H12N3O7PS. The van der Waals surface area contributed by atoms with Crippen molar-refractivity contribution >= 4 is 46.4 Å². The first kappa shape index (κ1) is 18.1. The summed E-state index contributed by atoms with van der Waals surface area (Å²) in [5.74, 6) is -0.0368. The molecule has 2 amide bonds. The fourth-order valence-corrected chi connectivity index (χ4v) is 3.20. The molecule has 2 aromatic heterocycles. The highest BCUT2D eigenvalue weighted by molar-refractivity contribution is 7.50. The van der Waals surface area contributed by atoms with Gasteiger partial charge in [-0.25, -0.2) is 24.2 Å². The normalized spacial score (nSPS) is 11.3. The van der Waals surface area contributed by atoms with Gasteiger partial charge in [0.25, 0.3) is 0 Å². The number of benzene rings is 1. The molecule has 1 aromatic carbocycles. The Hall–Kier alpha value is -2.72. The van der Waals surface area contributed by atoms with Crippen LogP contribution in [0.25, 0.3) is 10.2 Å². The molecule has 0 bridgehead atoms. The maximum absolute atomic E-state index is 12.1. The summed E-state index contributed by atoms with van der Waals surface area (Å²) in [5, 5.41) is 3.81. The van der Waals surface area contributed by atoms with E-state index in [1.54, 1.807) is 24.3 Å². The molecule has 0 saturated carbocycles. The number of carbonyl (C=O) groups excluding carboxylic acids is 2. The number of amides is 2. The lowest BCUT2D eigenvalue weighted by Crippen LogP contribution is -2.25. The van der Waals surface area contributed by atoms with Crippen molar-refractivity contribution in [1.29, 1.82) is 0 Å². The lowest BCUT2D eigenvalue weighted by Gasteiger charge is -2.05. The van der Waals surface area contributed by atoms with Crippen LogP contribution in [-0.4, -0.2) is 26.8 Å². The third-order valence-corrected chi connectivity index (χ3v) is 4.45. The monoisotopic (exact) mass is 397 g/mol. The molecule has 0 radical (unpaired) electrons. The highest BCUT2D eigenvalue weighted by Crippen LogP contribution is 2.30. The van der Waals surface area contributed by atoms with Crippen LogP contribution < -0.4 is 10.4 Å². The number of anilines is 1. The molecule has 0 saturated heterocycles. The molecule has 0 fully saturated rings. The summed E-state index contributed by atoms with van der Waals surface area (Å²) in [4.78, 5) is 45.0. The summed E-state index contributed by atoms with van der Waals surface area (Å²) < 4.78 is 21.5. The molecule has 0 aliphatic carbocycles. The van der Waals surface area contributed by atoms with Crippen LogP contribution in [0, 0.1) is 0 Å². The Kier molecular flexibility index (Phi) is 5.05. The fourth-order valence-electron chi connectivity index (χ4n) is 1.98. The summed E-state index contributed by atoms with van der Waals surface area (Å²) in [6.07, 6.45) is 1.48. The van der Waals surface area contributed by atoms with Gasteiger partial charge in [-0.2, -0.15) is 0 Å². The van der Waals surface area contributed by atoms with E-state index in [2.05, 4.69) is 10.3 Å². The van der Waals surface area contributed by atoms with Crippen LogP contribution in [0.3, 0.4) is 0 Å². The highest BCUT2D eigenvalue weighted by atomic mass is 32.1. The summed E-state index contributed by atoms with van der Waals surface area (Å²) in [5.41, 5.74) is 0.794. The summed E-state index contributed by atoms with van der Waals surface area (Å²) in [7, 11) is -4.70. The predicted molar refractivity (Wildman–Crippen MR) is 91.6 cm³/mol. The van der Waals surface area contributed by atoms with E-state index in [1.807, 2.05) is 0 Å². The van der Waals surface area contributed by atoms with Crippen molar-refractivity contribution in [1.82, 2.24) is 10.1 Å². The van der Waals surface area contributed by atoms with Gasteiger partial charge in [-0.1, -0.05) is 11.3 Å². The van der Waals surface area contributed by atoms with E-state index in [4.69, 9.17) is 18.9 Å². The predicted octanol–water partition coefficient (Wildman–Crippen LogP) is 2.46. The third kappa shape index (κ3) is 4.67. The molecule has 10 nitrogen and oxygen atoms in total. The van der Waals surface area contributed by atoms with E-state index >= 15 is 0 Å². The Labute approximate surface area is 150 Å². The molecule has 3 aromatic rings. The van der Waals surface area contributed by atoms with E-state index in [1.165, 1.54) is 17.4 Å². The fraction of sp³-hybridized carbons (Fsp3) is 0.0714. The van der Waals surface area contributed by atoms with E-state index < -0.39 is 19.7 Å². The first-order chi connectivity index (χ1) is 12.3. The van der Waals surface area contributed by atoms with Gasteiger partial charge < -0.3 is 18.9 Å². The lowest BCUT2D eigenvalue weighted by atomic mass is 10.2. The number of furan rings is 1. The van der Waals surface area contributed by atoms with Gasteiger partial charge in [-0.15, -0.1) is 0 Å². The van der Waals surface area contributed by atoms with Crippen molar-refractivity contribution in [2.24, 2.45) is 0 Å². The second-order valence-corrected chi connectivity index (χ2v) is 7.31. The summed E-state index contributed by atoms with van der Waals surface area (Å²) in [6.45, 7) is 0.00190. The maximum atomic E-state index is 12.1. The topological polar surface area (TPSA) is 151 Å². The van der Waals surface area contributed by atoms with Gasteiger partial charge in [0.05, 0.1) is 22.0 Å². The van der Waals surface area contributed by atoms with Gasteiger partial charge in [0.1, 0.15) is 12.4 Å². The Morgan fingerprint density at radius 3 is 2.81 bits per heavy atom. The van der Waals surface area contributed by atoms with Crippen molar-refractivity contribution in [3.63, 3.8) is 0 Å². The number of aromatic nitrogens is 1. The van der Waals surface area contributed by atoms with Crippen LogP contribution in [0.1, 0.15) is 16.1 Å². The number of rotatable bonds is 5. The quantitative estimate of drug-likeness (QED) is 0.379. The molecule has 3 rings (SSSR count). The Balaban J connectivity index is 1.69. The maximum Gasteiger partial charge on any atom is 0.431 e. The summed E-state index contributed by atoms with van der Waals surface area (Å²) in [6, 6.07) is 6.91. The first-order valence-electron chi connectivity index (χ1n) is 7.05. The van der Waals surface area contributed by atoms with Crippen molar-refractivity contribution in [3.05, 3.63) is 47.9 Å². The number of hydrogen-bond acceptors (Lipinski definition) is 7. The van der Waals surface area contributed by atoms with E-state index in [-0.39, 0.29) is 11.7 Å². The van der Waals surface area contributed by atoms with Crippen molar-refractivity contribution in [2.45, 2.75) is 6.61 Å². The lowest BCUT2D eigenvalue weighted by molar-refractivity contribution is 0.0445. The highest BCUT2D eigenvalue weighted by Gasteiger charge is 2.18. The van der Waals surface area contributed by atoms with Gasteiger partial charge in [0, 0.05) is 0 Å². The zero-order valence-electron chi connectivity index (χ0n) is 12.9. The van der Waals surface area contributed by atoms with E-state index in [0.717, 1.165) is 11.3 Å². The molecule has 0 unspecified atom stereocenters. The number of hydrogen-bond donors (Lipinski definition) is 4. The summed E-state index contributed by atoms with van der Waals surface area (Å²) >= 11 is 1.04. The Morgan fingerprint density at radius 1 is 1.31 bits per heavy atom. The Bertz CT molecular complexity index is 995. The van der Waals surface area contributed by atoms with Crippen LogP contribution in [0.2, 0.25) is 0 Å². The average molecular weight is 397 g/mol. The van der Waals surface area contributed by atoms with E-state index in [9.17, 15) is 14.2 Å². The zero-order chi connectivity index (χ0) is 18.7. The molecule has 0 aliphatic heterocycles. The van der Waals surface area contributed by atoms with E-state index in [0.29, 0.717) is 21.5 Å². The number of esters is 1. The SMILES string of the molecule is O=C(Nc1nc2ccc(C(=O)OCc3ccco3)cc2s1)NP(=O)(O)O. The van der Waals surface area contributed by atoms with Crippen molar-refractivity contribution in [3.8, 4) is 0 Å². The number of thiazole rings is 1. The minimum absolute atomic E-state index is 0.00190. The molecule has 26 heavy (non-hydrogen) atoms. The van der Waals surface area contributed by atoms with Crippen LogP contribution in [0.5, 0.6) is 0 Å². The van der Waals surface area contributed by atoms with Gasteiger partial charge in [0.15, 0.2) is 5.13 Å². The minimum Gasteiger partial charge on any atom is -0.466 e. The molecule has 0 aliphatic rings. The second-order valence-electron chi connectivity index (χ2n) is 4.97. The van der Waals surface area contributed by atoms with Gasteiger partial charge >= 0.3 is 19.7 Å².